The highest BCUT2D eigenvalue weighted by atomic mass is 35.5. The Balaban J connectivity index is 0.00000441. The molecule has 0 heterocycles. The molecule has 3 heteroatoms. The van der Waals surface area contributed by atoms with Crippen LogP contribution in [0.4, 0.5) is 0 Å². The second-order valence-corrected chi connectivity index (χ2v) is 9.14. The Labute approximate surface area is 143 Å². The van der Waals surface area contributed by atoms with Gasteiger partial charge in [0.2, 0.25) is 0 Å². The molecule has 0 saturated carbocycles. The van der Waals surface area contributed by atoms with E-state index in [0.29, 0.717) is 5.75 Å². The van der Waals surface area contributed by atoms with Gasteiger partial charge in [-0.25, -0.2) is 0 Å². The molecule has 1 aromatic rings. The summed E-state index contributed by atoms with van der Waals surface area (Å²) >= 11 is 0. The zero-order valence-electron chi connectivity index (χ0n) is 15.7. The Morgan fingerprint density at radius 3 is 1.45 bits per heavy atom. The van der Waals surface area contributed by atoms with E-state index in [1.54, 1.807) is 0 Å². The van der Waals surface area contributed by atoms with Gasteiger partial charge >= 0.3 is 0 Å². The first-order chi connectivity index (χ1) is 9.22. The van der Waals surface area contributed by atoms with Gasteiger partial charge in [0, 0.05) is 12.1 Å². The van der Waals surface area contributed by atoms with E-state index >= 15 is 0 Å². The Bertz CT molecular complexity index is 467. The maximum atomic E-state index is 10.7. The lowest BCUT2D eigenvalue weighted by Gasteiger charge is -2.29. The first kappa shape index (κ1) is 21.3. The van der Waals surface area contributed by atoms with Crippen molar-refractivity contribution < 1.29 is 5.11 Å². The van der Waals surface area contributed by atoms with Crippen LogP contribution >= 0.6 is 12.4 Å². The SMILES string of the molecule is CC(C)(C)NCc1cc(C(C)(C)C)c(O)c(C(C)(C)C)c1.Cl. The highest BCUT2D eigenvalue weighted by Gasteiger charge is 2.26. The molecule has 0 spiro atoms. The minimum Gasteiger partial charge on any atom is -0.507 e. The minimum absolute atomic E-state index is 0. The van der Waals surface area contributed by atoms with Gasteiger partial charge in [-0.2, -0.15) is 0 Å². The molecule has 22 heavy (non-hydrogen) atoms. The average molecular weight is 328 g/mol. The summed E-state index contributed by atoms with van der Waals surface area (Å²) in [6.45, 7) is 20.2. The summed E-state index contributed by atoms with van der Waals surface area (Å²) in [7, 11) is 0. The summed E-state index contributed by atoms with van der Waals surface area (Å²) in [5, 5.41) is 14.2. The largest absolute Gasteiger partial charge is 0.507 e. The maximum Gasteiger partial charge on any atom is 0.123 e. The number of aromatic hydroxyl groups is 1. The summed E-state index contributed by atoms with van der Waals surface area (Å²) in [4.78, 5) is 0. The summed E-state index contributed by atoms with van der Waals surface area (Å²) in [6.07, 6.45) is 0. The van der Waals surface area contributed by atoms with E-state index in [4.69, 9.17) is 0 Å². The fraction of sp³-hybridized carbons (Fsp3) is 0.684. The van der Waals surface area contributed by atoms with Gasteiger partial charge in [0.1, 0.15) is 5.75 Å². The van der Waals surface area contributed by atoms with Crippen LogP contribution in [0.3, 0.4) is 0 Å². The molecule has 2 nitrogen and oxygen atoms in total. The van der Waals surface area contributed by atoms with E-state index in [9.17, 15) is 5.11 Å². The van der Waals surface area contributed by atoms with Crippen molar-refractivity contribution in [1.82, 2.24) is 5.32 Å². The van der Waals surface area contributed by atoms with Crippen LogP contribution in [-0.4, -0.2) is 10.6 Å². The van der Waals surface area contributed by atoms with Gasteiger partial charge in [-0.15, -0.1) is 12.4 Å². The Morgan fingerprint density at radius 2 is 1.18 bits per heavy atom. The van der Waals surface area contributed by atoms with E-state index < -0.39 is 0 Å². The lowest BCUT2D eigenvalue weighted by molar-refractivity contribution is 0.414. The summed E-state index contributed by atoms with van der Waals surface area (Å²) < 4.78 is 0. The standard InChI is InChI=1S/C19H33NO.ClH/c1-17(2,3)14-10-13(12-20-19(7,8)9)11-15(16(14)21)18(4,5)6;/h10-11,20-21H,12H2,1-9H3;1H. The Hall–Kier alpha value is -0.730. The highest BCUT2D eigenvalue weighted by Crippen LogP contribution is 2.39. The summed E-state index contributed by atoms with van der Waals surface area (Å²) in [5.74, 6) is 0.453. The molecule has 0 radical (unpaired) electrons. The Kier molecular flexibility index (Phi) is 6.57. The van der Waals surface area contributed by atoms with Crippen LogP contribution in [0, 0.1) is 0 Å². The summed E-state index contributed by atoms with van der Waals surface area (Å²) in [5.41, 5.74) is 3.24. The van der Waals surface area contributed by atoms with Crippen LogP contribution in [0.1, 0.15) is 79.0 Å². The van der Waals surface area contributed by atoms with Crippen molar-refractivity contribution in [2.75, 3.05) is 0 Å². The lowest BCUT2D eigenvalue weighted by atomic mass is 9.78. The van der Waals surface area contributed by atoms with Crippen molar-refractivity contribution in [3.63, 3.8) is 0 Å². The van der Waals surface area contributed by atoms with Crippen LogP contribution in [0.25, 0.3) is 0 Å². The van der Waals surface area contributed by atoms with Crippen LogP contribution < -0.4 is 5.32 Å². The van der Waals surface area contributed by atoms with Gasteiger partial charge in [-0.3, -0.25) is 0 Å². The number of hydrogen-bond donors (Lipinski definition) is 2. The molecule has 1 aromatic carbocycles. The van der Waals surface area contributed by atoms with Crippen molar-refractivity contribution >= 4 is 12.4 Å². The van der Waals surface area contributed by atoms with Crippen molar-refractivity contribution in [2.24, 2.45) is 0 Å². The molecule has 0 aromatic heterocycles. The maximum absolute atomic E-state index is 10.7. The molecular formula is C19H34ClNO. The molecule has 2 N–H and O–H groups in total. The highest BCUT2D eigenvalue weighted by molar-refractivity contribution is 5.85. The Morgan fingerprint density at radius 1 is 0.818 bits per heavy atom. The molecule has 0 aliphatic rings. The lowest BCUT2D eigenvalue weighted by Crippen LogP contribution is -2.35. The molecular weight excluding hydrogens is 294 g/mol. The van der Waals surface area contributed by atoms with Gasteiger partial charge in [-0.1, -0.05) is 53.7 Å². The number of hydrogen-bond acceptors (Lipinski definition) is 2. The number of rotatable bonds is 2. The third kappa shape index (κ3) is 5.81. The third-order valence-electron chi connectivity index (χ3n) is 3.61. The number of benzene rings is 1. The number of phenolic OH excluding ortho intramolecular Hbond substituents is 1. The second-order valence-electron chi connectivity index (χ2n) is 9.14. The number of phenols is 1. The van der Waals surface area contributed by atoms with E-state index in [1.165, 1.54) is 5.56 Å². The van der Waals surface area contributed by atoms with Crippen LogP contribution in [0.5, 0.6) is 5.75 Å². The third-order valence-corrected chi connectivity index (χ3v) is 3.61. The molecule has 0 unspecified atom stereocenters. The molecule has 0 saturated heterocycles. The zero-order chi connectivity index (χ0) is 16.6. The zero-order valence-corrected chi connectivity index (χ0v) is 16.5. The number of nitrogens with one attached hydrogen (secondary N) is 1. The van der Waals surface area contributed by atoms with E-state index in [2.05, 4.69) is 79.8 Å². The molecule has 0 fully saturated rings. The van der Waals surface area contributed by atoms with Gasteiger partial charge in [0.25, 0.3) is 0 Å². The van der Waals surface area contributed by atoms with Gasteiger partial charge < -0.3 is 10.4 Å². The molecule has 0 amide bonds. The molecule has 0 atom stereocenters. The molecule has 0 aliphatic heterocycles. The summed E-state index contributed by atoms with van der Waals surface area (Å²) in [6, 6.07) is 4.28. The van der Waals surface area contributed by atoms with Crippen molar-refractivity contribution in [1.29, 1.82) is 0 Å². The monoisotopic (exact) mass is 327 g/mol. The second kappa shape index (κ2) is 6.80. The van der Waals surface area contributed by atoms with Crippen LogP contribution in [0.15, 0.2) is 12.1 Å². The minimum atomic E-state index is -0.0676. The van der Waals surface area contributed by atoms with E-state index in [-0.39, 0.29) is 28.8 Å². The molecule has 0 aliphatic carbocycles. The van der Waals surface area contributed by atoms with Crippen molar-refractivity contribution in [3.8, 4) is 5.75 Å². The van der Waals surface area contributed by atoms with Gasteiger partial charge in [0.05, 0.1) is 0 Å². The van der Waals surface area contributed by atoms with Crippen molar-refractivity contribution in [2.45, 2.75) is 85.2 Å². The first-order valence-corrected chi connectivity index (χ1v) is 7.84. The van der Waals surface area contributed by atoms with Gasteiger partial charge in [-0.05, 0) is 48.3 Å². The topological polar surface area (TPSA) is 32.3 Å². The fourth-order valence-corrected chi connectivity index (χ4v) is 2.31. The van der Waals surface area contributed by atoms with Crippen LogP contribution in [-0.2, 0) is 17.4 Å². The quantitative estimate of drug-likeness (QED) is 0.772. The predicted octanol–water partition coefficient (Wildman–Crippen LogP) is 5.30. The fourth-order valence-electron chi connectivity index (χ4n) is 2.31. The van der Waals surface area contributed by atoms with E-state index in [1.807, 2.05) is 0 Å². The molecule has 1 rings (SSSR count). The van der Waals surface area contributed by atoms with Gasteiger partial charge in [0.15, 0.2) is 0 Å². The molecule has 0 bridgehead atoms. The average Bonchev–Trinajstić information content (AvgIpc) is 2.23. The van der Waals surface area contributed by atoms with Crippen LogP contribution in [0.2, 0.25) is 0 Å². The van der Waals surface area contributed by atoms with Crippen molar-refractivity contribution in [3.05, 3.63) is 28.8 Å². The van der Waals surface area contributed by atoms with E-state index in [0.717, 1.165) is 17.7 Å². The smallest absolute Gasteiger partial charge is 0.123 e. The normalized spacial score (nSPS) is 13.0. The molecule has 128 valence electrons. The first-order valence-electron chi connectivity index (χ1n) is 7.84. The number of halogens is 1. The predicted molar refractivity (Wildman–Crippen MR) is 99.3 cm³/mol.